The number of carboxylic acid groups (broad SMARTS) is 1. The van der Waals surface area contributed by atoms with Crippen molar-refractivity contribution < 1.29 is 40.3 Å². The monoisotopic (exact) mass is 217 g/mol. The van der Waals surface area contributed by atoms with E-state index in [0.29, 0.717) is 0 Å². The predicted molar refractivity (Wildman–Crippen MR) is 37.7 cm³/mol. The fourth-order valence-electron chi connectivity index (χ4n) is 0.285. The van der Waals surface area contributed by atoms with Crippen molar-refractivity contribution in [2.24, 2.45) is 11.7 Å². The van der Waals surface area contributed by atoms with Gasteiger partial charge >= 0.3 is 5.97 Å². The van der Waals surface area contributed by atoms with Crippen molar-refractivity contribution >= 4 is 5.97 Å². The number of carboxylic acids is 1. The van der Waals surface area contributed by atoms with Crippen LogP contribution in [0.1, 0.15) is 13.8 Å². The average Bonchev–Trinajstić information content (AvgIpc) is 1.64. The molecule has 0 amide bonds. The number of rotatable bonds is 2. The summed E-state index contributed by atoms with van der Waals surface area (Å²) in [5.41, 5.74) is 5.16. The van der Waals surface area contributed by atoms with Gasteiger partial charge in [0.15, 0.2) is 0 Å². The Morgan fingerprint density at radius 3 is 1.64 bits per heavy atom. The number of nitrogens with two attached hydrogens (primary N) is 1. The Morgan fingerprint density at radius 2 is 1.64 bits per heavy atom. The number of aliphatic carboxylic acids is 1. The molecule has 6 heteroatoms. The van der Waals surface area contributed by atoms with E-state index in [-0.39, 0.29) is 36.3 Å². The molecule has 0 aromatic carbocycles. The fraction of sp³-hybridized carbons (Fsp3) is 0.800. The number of hydrogen-bond donors (Lipinski definition) is 2. The topological polar surface area (TPSA) is 126 Å². The third-order valence-corrected chi connectivity index (χ3v) is 1.00. The molecule has 0 aromatic rings. The van der Waals surface area contributed by atoms with Crippen LogP contribution >= 0.6 is 0 Å². The Kier molecular flexibility index (Phi) is 20.4. The van der Waals surface area contributed by atoms with E-state index in [1.165, 1.54) is 0 Å². The van der Waals surface area contributed by atoms with Crippen LogP contribution in [-0.4, -0.2) is 28.1 Å². The molecule has 0 aliphatic heterocycles. The molecule has 0 spiro atoms. The summed E-state index contributed by atoms with van der Waals surface area (Å²) in [7, 11) is 0. The van der Waals surface area contributed by atoms with Gasteiger partial charge in [0.25, 0.3) is 0 Å². The maximum absolute atomic E-state index is 10.0. The molecule has 66 valence electrons. The first-order valence-electron chi connectivity index (χ1n) is 2.54. The molecule has 0 aliphatic rings. The van der Waals surface area contributed by atoms with Crippen LogP contribution in [-0.2, 0) is 24.3 Å². The zero-order valence-corrected chi connectivity index (χ0v) is 9.76. The summed E-state index contributed by atoms with van der Waals surface area (Å²) >= 11 is 0. The van der Waals surface area contributed by atoms with Gasteiger partial charge in [-0.25, -0.2) is 0 Å². The fourth-order valence-corrected chi connectivity index (χ4v) is 0.285. The Bertz CT molecular complexity index is 98.5. The van der Waals surface area contributed by atoms with Crippen molar-refractivity contribution in [2.75, 3.05) is 0 Å². The molecule has 0 saturated heterocycles. The van der Waals surface area contributed by atoms with E-state index in [4.69, 9.17) is 10.8 Å². The molecule has 0 heterocycles. The van der Waals surface area contributed by atoms with Gasteiger partial charge < -0.3 is 21.8 Å². The summed E-state index contributed by atoms with van der Waals surface area (Å²) in [5.74, 6) is -0.910. The molecule has 0 radical (unpaired) electrons. The zero-order valence-electron chi connectivity index (χ0n) is 6.79. The summed E-state index contributed by atoms with van der Waals surface area (Å²) in [6, 6.07) is -0.713. The van der Waals surface area contributed by atoms with Gasteiger partial charge in [-0.1, -0.05) is 13.8 Å². The van der Waals surface area contributed by atoms with Gasteiger partial charge in [0.2, 0.25) is 0 Å². The molecule has 0 bridgehead atoms. The minimum absolute atomic E-state index is 0. The van der Waals surface area contributed by atoms with Crippen LogP contribution in [0, 0.1) is 5.92 Å². The van der Waals surface area contributed by atoms with Crippen molar-refractivity contribution in [1.82, 2.24) is 0 Å². The minimum Gasteiger partial charge on any atom is -0.480 e. The molecular formula is C5H15NO4Zn. The van der Waals surface area contributed by atoms with Crippen LogP contribution < -0.4 is 5.73 Å². The van der Waals surface area contributed by atoms with Crippen LogP contribution in [0.5, 0.6) is 0 Å². The molecular weight excluding hydrogens is 203 g/mol. The van der Waals surface area contributed by atoms with Gasteiger partial charge in [-0.2, -0.15) is 0 Å². The molecule has 7 N–H and O–H groups in total. The second-order valence-corrected chi connectivity index (χ2v) is 2.11. The molecule has 0 rings (SSSR count). The third kappa shape index (κ3) is 9.97. The predicted octanol–water partition coefficient (Wildman–Crippen LogP) is -1.60. The van der Waals surface area contributed by atoms with E-state index in [9.17, 15) is 4.79 Å². The van der Waals surface area contributed by atoms with Crippen LogP contribution in [0.15, 0.2) is 0 Å². The molecule has 1 atom stereocenters. The Balaban J connectivity index is -0.0000000817. The first-order valence-corrected chi connectivity index (χ1v) is 2.54. The van der Waals surface area contributed by atoms with Crippen LogP contribution in [0.2, 0.25) is 0 Å². The SMILES string of the molecule is CC(C)[C@H](N)C(=O)O.O.O.[Zn]. The number of hydrogen-bond acceptors (Lipinski definition) is 2. The van der Waals surface area contributed by atoms with E-state index in [0.717, 1.165) is 0 Å². The van der Waals surface area contributed by atoms with Crippen molar-refractivity contribution in [3.8, 4) is 0 Å². The quantitative estimate of drug-likeness (QED) is 0.542. The van der Waals surface area contributed by atoms with E-state index < -0.39 is 12.0 Å². The average molecular weight is 219 g/mol. The second kappa shape index (κ2) is 9.97. The van der Waals surface area contributed by atoms with E-state index in [1.807, 2.05) is 0 Å². The van der Waals surface area contributed by atoms with Gasteiger partial charge in [0.05, 0.1) is 0 Å². The Morgan fingerprint density at radius 1 is 1.36 bits per heavy atom. The maximum atomic E-state index is 10.0. The standard InChI is InChI=1S/C5H11NO2.2H2O.Zn/c1-3(2)4(6)5(7)8;;;/h3-4H,6H2,1-2H3,(H,7,8);2*1H2;/t4-;;;/m0.../s1. The van der Waals surface area contributed by atoms with Gasteiger partial charge in [0, 0.05) is 19.5 Å². The Labute approximate surface area is 78.3 Å². The van der Waals surface area contributed by atoms with Gasteiger partial charge in [-0.15, -0.1) is 0 Å². The summed E-state index contributed by atoms with van der Waals surface area (Å²) in [6.45, 7) is 3.55. The van der Waals surface area contributed by atoms with Crippen LogP contribution in [0.4, 0.5) is 0 Å². The van der Waals surface area contributed by atoms with Crippen molar-refractivity contribution in [3.05, 3.63) is 0 Å². The maximum Gasteiger partial charge on any atom is 0.320 e. The number of carbonyl (C=O) groups is 1. The molecule has 0 fully saturated rings. The van der Waals surface area contributed by atoms with Gasteiger partial charge in [-0.05, 0) is 5.92 Å². The first kappa shape index (κ1) is 22.4. The zero-order chi connectivity index (χ0) is 6.73. The molecule has 0 unspecified atom stereocenters. The molecule has 0 aromatic heterocycles. The summed E-state index contributed by atoms with van der Waals surface area (Å²) in [6.07, 6.45) is 0. The summed E-state index contributed by atoms with van der Waals surface area (Å²) < 4.78 is 0. The van der Waals surface area contributed by atoms with Crippen molar-refractivity contribution in [1.29, 1.82) is 0 Å². The smallest absolute Gasteiger partial charge is 0.320 e. The first-order chi connectivity index (χ1) is 3.55. The van der Waals surface area contributed by atoms with Gasteiger partial charge in [0.1, 0.15) is 6.04 Å². The molecule has 0 aliphatic carbocycles. The van der Waals surface area contributed by atoms with E-state index in [2.05, 4.69) is 0 Å². The molecule has 11 heavy (non-hydrogen) atoms. The third-order valence-electron chi connectivity index (χ3n) is 1.00. The van der Waals surface area contributed by atoms with Crippen LogP contribution in [0.25, 0.3) is 0 Å². The molecule has 5 nitrogen and oxygen atoms in total. The largest absolute Gasteiger partial charge is 0.480 e. The normalized spacial score (nSPS) is 10.2. The Hall–Kier alpha value is -0.0266. The molecule has 0 saturated carbocycles. The van der Waals surface area contributed by atoms with Crippen molar-refractivity contribution in [3.63, 3.8) is 0 Å². The minimum atomic E-state index is -0.931. The van der Waals surface area contributed by atoms with E-state index in [1.54, 1.807) is 13.8 Å². The van der Waals surface area contributed by atoms with Crippen molar-refractivity contribution in [2.45, 2.75) is 19.9 Å². The van der Waals surface area contributed by atoms with E-state index >= 15 is 0 Å². The van der Waals surface area contributed by atoms with Gasteiger partial charge in [-0.3, -0.25) is 4.79 Å². The summed E-state index contributed by atoms with van der Waals surface area (Å²) in [4.78, 5) is 10.0. The summed E-state index contributed by atoms with van der Waals surface area (Å²) in [5, 5.41) is 8.23. The second-order valence-electron chi connectivity index (χ2n) is 2.11. The van der Waals surface area contributed by atoms with Crippen LogP contribution in [0.3, 0.4) is 0 Å².